The Morgan fingerprint density at radius 2 is 2.00 bits per heavy atom. The van der Waals surface area contributed by atoms with Gasteiger partial charge in [-0.05, 0) is 36.2 Å². The van der Waals surface area contributed by atoms with Gasteiger partial charge in [0, 0.05) is 29.4 Å². The van der Waals surface area contributed by atoms with E-state index in [1.165, 1.54) is 0 Å². The largest absolute Gasteiger partial charge is 0.326 e. The van der Waals surface area contributed by atoms with Gasteiger partial charge in [0.05, 0.1) is 6.42 Å². The molecular formula is C18H17ClN2O2. The zero-order chi connectivity index (χ0) is 16.2. The van der Waals surface area contributed by atoms with Crippen molar-refractivity contribution in [2.45, 2.75) is 19.3 Å². The number of carbonyl (C=O) groups is 2. The Labute approximate surface area is 140 Å². The highest BCUT2D eigenvalue weighted by molar-refractivity contribution is 6.31. The predicted octanol–water partition coefficient (Wildman–Crippen LogP) is 3.65. The number of halogens is 1. The second kappa shape index (κ2) is 6.84. The van der Waals surface area contributed by atoms with Gasteiger partial charge in [-0.2, -0.15) is 0 Å². The van der Waals surface area contributed by atoms with Crippen LogP contribution < -0.4 is 10.2 Å². The molecule has 5 heteroatoms. The average Bonchev–Trinajstić information content (AvgIpc) is 2.96. The van der Waals surface area contributed by atoms with Gasteiger partial charge < -0.3 is 10.2 Å². The lowest BCUT2D eigenvalue weighted by Crippen LogP contribution is -2.23. The van der Waals surface area contributed by atoms with E-state index in [-0.39, 0.29) is 18.2 Å². The standard InChI is InChI=1S/C18H17ClN2O2/c19-16-8-2-1-5-13(16)11-17(22)20-14-6-3-7-15(12-14)21-10-4-9-18(21)23/h1-3,5-8,12H,4,9-11H2,(H,20,22). The molecule has 0 aromatic heterocycles. The van der Waals surface area contributed by atoms with Gasteiger partial charge in [0.15, 0.2) is 0 Å². The van der Waals surface area contributed by atoms with Crippen molar-refractivity contribution in [3.8, 4) is 0 Å². The van der Waals surface area contributed by atoms with Crippen LogP contribution in [0.1, 0.15) is 18.4 Å². The highest BCUT2D eigenvalue weighted by Crippen LogP contribution is 2.24. The molecule has 118 valence electrons. The molecule has 3 rings (SSSR count). The summed E-state index contributed by atoms with van der Waals surface area (Å²) in [5, 5.41) is 3.44. The molecule has 4 nitrogen and oxygen atoms in total. The molecule has 0 bridgehead atoms. The number of carbonyl (C=O) groups excluding carboxylic acids is 2. The predicted molar refractivity (Wildman–Crippen MR) is 91.8 cm³/mol. The van der Waals surface area contributed by atoms with Gasteiger partial charge in [-0.15, -0.1) is 0 Å². The minimum Gasteiger partial charge on any atom is -0.326 e. The molecule has 1 aliphatic heterocycles. The molecule has 0 aliphatic carbocycles. The number of hydrogen-bond donors (Lipinski definition) is 1. The number of hydrogen-bond acceptors (Lipinski definition) is 2. The summed E-state index contributed by atoms with van der Waals surface area (Å²) in [4.78, 5) is 25.7. The van der Waals surface area contributed by atoms with Gasteiger partial charge in [0.1, 0.15) is 0 Å². The third kappa shape index (κ3) is 3.71. The Bertz CT molecular complexity index is 745. The van der Waals surface area contributed by atoms with Crippen molar-refractivity contribution in [2.24, 2.45) is 0 Å². The molecule has 0 atom stereocenters. The molecule has 1 N–H and O–H groups in total. The summed E-state index contributed by atoms with van der Waals surface area (Å²) in [7, 11) is 0. The lowest BCUT2D eigenvalue weighted by molar-refractivity contribution is -0.117. The first kappa shape index (κ1) is 15.6. The van der Waals surface area contributed by atoms with Gasteiger partial charge >= 0.3 is 0 Å². The van der Waals surface area contributed by atoms with E-state index in [1.54, 1.807) is 11.0 Å². The molecule has 2 aromatic carbocycles. The third-order valence-corrected chi connectivity index (χ3v) is 4.19. The first-order valence-electron chi connectivity index (χ1n) is 7.57. The van der Waals surface area contributed by atoms with E-state index in [2.05, 4.69) is 5.32 Å². The molecular weight excluding hydrogens is 312 g/mol. The molecule has 2 amide bonds. The van der Waals surface area contributed by atoms with Crippen LogP contribution in [0.5, 0.6) is 0 Å². The van der Waals surface area contributed by atoms with Crippen molar-refractivity contribution < 1.29 is 9.59 Å². The van der Waals surface area contributed by atoms with E-state index >= 15 is 0 Å². The zero-order valence-electron chi connectivity index (χ0n) is 12.6. The lowest BCUT2D eigenvalue weighted by Gasteiger charge is -2.16. The summed E-state index contributed by atoms with van der Waals surface area (Å²) in [6, 6.07) is 14.7. The van der Waals surface area contributed by atoms with E-state index in [9.17, 15) is 9.59 Å². The van der Waals surface area contributed by atoms with E-state index < -0.39 is 0 Å². The van der Waals surface area contributed by atoms with Crippen LogP contribution in [0.4, 0.5) is 11.4 Å². The molecule has 2 aromatic rings. The van der Waals surface area contributed by atoms with Crippen LogP contribution in [0.15, 0.2) is 48.5 Å². The van der Waals surface area contributed by atoms with E-state index in [1.807, 2.05) is 42.5 Å². The first-order chi connectivity index (χ1) is 11.1. The molecule has 1 heterocycles. The van der Waals surface area contributed by atoms with E-state index in [0.29, 0.717) is 17.1 Å². The van der Waals surface area contributed by atoms with Crippen molar-refractivity contribution in [2.75, 3.05) is 16.8 Å². The monoisotopic (exact) mass is 328 g/mol. The van der Waals surface area contributed by atoms with E-state index in [4.69, 9.17) is 11.6 Å². The number of anilines is 2. The SMILES string of the molecule is O=C(Cc1ccccc1Cl)Nc1cccc(N2CCCC2=O)c1. The molecule has 0 spiro atoms. The number of rotatable bonds is 4. The van der Waals surface area contributed by atoms with Crippen molar-refractivity contribution in [1.82, 2.24) is 0 Å². The fourth-order valence-electron chi connectivity index (χ4n) is 2.69. The van der Waals surface area contributed by atoms with Crippen molar-refractivity contribution in [3.05, 3.63) is 59.1 Å². The fourth-order valence-corrected chi connectivity index (χ4v) is 2.90. The van der Waals surface area contributed by atoms with Crippen LogP contribution >= 0.6 is 11.6 Å². The van der Waals surface area contributed by atoms with Crippen molar-refractivity contribution in [3.63, 3.8) is 0 Å². The first-order valence-corrected chi connectivity index (χ1v) is 7.95. The normalized spacial score (nSPS) is 14.1. The average molecular weight is 329 g/mol. The molecule has 23 heavy (non-hydrogen) atoms. The van der Waals surface area contributed by atoms with Gasteiger partial charge in [-0.1, -0.05) is 35.9 Å². The molecule has 1 fully saturated rings. The Morgan fingerprint density at radius 1 is 1.17 bits per heavy atom. The van der Waals surface area contributed by atoms with Crippen LogP contribution in [0.3, 0.4) is 0 Å². The van der Waals surface area contributed by atoms with Crippen LogP contribution in [-0.4, -0.2) is 18.4 Å². The number of amides is 2. The molecule has 0 radical (unpaired) electrons. The summed E-state index contributed by atoms with van der Waals surface area (Å²) in [5.74, 6) is -0.00691. The molecule has 0 unspecified atom stereocenters. The number of nitrogens with zero attached hydrogens (tertiary/aromatic N) is 1. The second-order valence-corrected chi connectivity index (χ2v) is 5.92. The third-order valence-electron chi connectivity index (χ3n) is 3.82. The summed E-state index contributed by atoms with van der Waals surface area (Å²) in [5.41, 5.74) is 2.29. The smallest absolute Gasteiger partial charge is 0.228 e. The summed E-state index contributed by atoms with van der Waals surface area (Å²) in [6.45, 7) is 0.732. The minimum atomic E-state index is -0.136. The maximum atomic E-state index is 12.2. The maximum absolute atomic E-state index is 12.2. The Morgan fingerprint density at radius 3 is 2.74 bits per heavy atom. The molecule has 0 saturated carbocycles. The van der Waals surface area contributed by atoms with Gasteiger partial charge in [0.2, 0.25) is 11.8 Å². The summed E-state index contributed by atoms with van der Waals surface area (Å²) >= 11 is 6.07. The Kier molecular flexibility index (Phi) is 4.63. The highest BCUT2D eigenvalue weighted by atomic mass is 35.5. The maximum Gasteiger partial charge on any atom is 0.228 e. The Hall–Kier alpha value is -2.33. The van der Waals surface area contributed by atoms with Gasteiger partial charge in [-0.3, -0.25) is 9.59 Å². The quantitative estimate of drug-likeness (QED) is 0.931. The van der Waals surface area contributed by atoms with E-state index in [0.717, 1.165) is 24.2 Å². The lowest BCUT2D eigenvalue weighted by atomic mass is 10.1. The molecule has 1 aliphatic rings. The Balaban J connectivity index is 1.69. The van der Waals surface area contributed by atoms with Crippen molar-refractivity contribution in [1.29, 1.82) is 0 Å². The summed E-state index contributed by atoms with van der Waals surface area (Å²) in [6.07, 6.45) is 1.68. The van der Waals surface area contributed by atoms with Crippen LogP contribution in [0, 0.1) is 0 Å². The number of nitrogens with one attached hydrogen (secondary N) is 1. The van der Waals surface area contributed by atoms with Crippen LogP contribution in [0.25, 0.3) is 0 Å². The summed E-state index contributed by atoms with van der Waals surface area (Å²) < 4.78 is 0. The van der Waals surface area contributed by atoms with Gasteiger partial charge in [0.25, 0.3) is 0 Å². The van der Waals surface area contributed by atoms with Crippen LogP contribution in [-0.2, 0) is 16.0 Å². The zero-order valence-corrected chi connectivity index (χ0v) is 13.3. The minimum absolute atomic E-state index is 0.129. The van der Waals surface area contributed by atoms with Gasteiger partial charge in [-0.25, -0.2) is 0 Å². The number of benzene rings is 2. The van der Waals surface area contributed by atoms with Crippen molar-refractivity contribution >= 4 is 34.8 Å². The second-order valence-electron chi connectivity index (χ2n) is 5.52. The van der Waals surface area contributed by atoms with Crippen LogP contribution in [0.2, 0.25) is 5.02 Å². The topological polar surface area (TPSA) is 49.4 Å². The molecule has 1 saturated heterocycles. The highest BCUT2D eigenvalue weighted by Gasteiger charge is 2.21. The fraction of sp³-hybridized carbons (Fsp3) is 0.222.